The van der Waals surface area contributed by atoms with Crippen LogP contribution in [0.15, 0.2) is 18.2 Å². The Labute approximate surface area is 109 Å². The number of likely N-dealkylation sites (tertiary alicyclic amines) is 1. The van der Waals surface area contributed by atoms with Crippen molar-refractivity contribution in [3.63, 3.8) is 0 Å². The largest absolute Gasteiger partial charge is 0.494 e. The molecule has 0 radical (unpaired) electrons. The predicted molar refractivity (Wildman–Crippen MR) is 73.1 cm³/mol. The summed E-state index contributed by atoms with van der Waals surface area (Å²) in [4.78, 5) is 2.30. The fraction of sp³-hybridized carbons (Fsp3) is 0.600. The van der Waals surface area contributed by atoms with E-state index in [-0.39, 0.29) is 6.10 Å². The van der Waals surface area contributed by atoms with Crippen LogP contribution in [-0.4, -0.2) is 42.4 Å². The summed E-state index contributed by atoms with van der Waals surface area (Å²) in [6.45, 7) is 7.78. The number of aliphatic hydroxyl groups excluding tert-OH is 1. The zero-order valence-corrected chi connectivity index (χ0v) is 11.4. The van der Waals surface area contributed by atoms with Crippen molar-refractivity contribution in [2.24, 2.45) is 0 Å². The molecule has 2 rings (SSSR count). The van der Waals surface area contributed by atoms with Gasteiger partial charge in [-0.15, -0.1) is 0 Å². The van der Waals surface area contributed by atoms with Crippen LogP contribution in [0.25, 0.3) is 0 Å². The van der Waals surface area contributed by atoms with Crippen molar-refractivity contribution in [1.82, 2.24) is 4.90 Å². The van der Waals surface area contributed by atoms with Crippen LogP contribution in [0.1, 0.15) is 24.0 Å². The van der Waals surface area contributed by atoms with E-state index in [0.717, 1.165) is 44.8 Å². The van der Waals surface area contributed by atoms with Crippen LogP contribution in [0.3, 0.4) is 0 Å². The second-order valence-corrected chi connectivity index (χ2v) is 5.27. The van der Waals surface area contributed by atoms with E-state index >= 15 is 0 Å². The van der Waals surface area contributed by atoms with Gasteiger partial charge in [-0.3, -0.25) is 0 Å². The number of aliphatic hydroxyl groups is 1. The maximum atomic E-state index is 9.42. The number of hydrogen-bond acceptors (Lipinski definition) is 3. The molecule has 0 aromatic heterocycles. The van der Waals surface area contributed by atoms with E-state index in [1.165, 1.54) is 11.1 Å². The lowest BCUT2D eigenvalue weighted by molar-refractivity contribution is 0.173. The van der Waals surface area contributed by atoms with Gasteiger partial charge in [-0.25, -0.2) is 0 Å². The molecule has 0 amide bonds. The molecule has 1 heterocycles. The lowest BCUT2D eigenvalue weighted by Gasteiger charge is -2.15. The number of rotatable bonds is 5. The minimum atomic E-state index is -0.120. The molecule has 1 atom stereocenters. The first kappa shape index (κ1) is 13.4. The van der Waals surface area contributed by atoms with Crippen molar-refractivity contribution in [2.45, 2.75) is 32.8 Å². The molecule has 0 spiro atoms. The number of aryl methyl sites for hydroxylation is 2. The minimum Gasteiger partial charge on any atom is -0.494 e. The van der Waals surface area contributed by atoms with Crippen LogP contribution in [-0.2, 0) is 0 Å². The van der Waals surface area contributed by atoms with E-state index < -0.39 is 0 Å². The number of β-amino-alcohol motifs (C(OH)–C–C–N with tert-alkyl or cyclic N) is 1. The summed E-state index contributed by atoms with van der Waals surface area (Å²) in [5.41, 5.74) is 2.49. The van der Waals surface area contributed by atoms with Gasteiger partial charge in [0.15, 0.2) is 0 Å². The third-order valence-electron chi connectivity index (χ3n) is 3.33. The van der Waals surface area contributed by atoms with Crippen LogP contribution < -0.4 is 4.74 Å². The van der Waals surface area contributed by atoms with Crippen molar-refractivity contribution in [3.05, 3.63) is 29.3 Å². The molecule has 1 aliphatic heterocycles. The van der Waals surface area contributed by atoms with E-state index in [2.05, 4.69) is 36.9 Å². The Bertz CT molecular complexity index is 372. The zero-order valence-electron chi connectivity index (χ0n) is 11.4. The maximum absolute atomic E-state index is 9.42. The van der Waals surface area contributed by atoms with Crippen LogP contribution in [0, 0.1) is 13.8 Å². The van der Waals surface area contributed by atoms with Crippen molar-refractivity contribution in [2.75, 3.05) is 26.2 Å². The fourth-order valence-electron chi connectivity index (χ4n) is 2.51. The molecule has 0 bridgehead atoms. The van der Waals surface area contributed by atoms with E-state index in [9.17, 15) is 5.11 Å². The van der Waals surface area contributed by atoms with Crippen LogP contribution in [0.5, 0.6) is 5.75 Å². The third kappa shape index (κ3) is 4.00. The van der Waals surface area contributed by atoms with Gasteiger partial charge >= 0.3 is 0 Å². The summed E-state index contributed by atoms with van der Waals surface area (Å²) in [5.74, 6) is 0.967. The fourth-order valence-corrected chi connectivity index (χ4v) is 2.51. The highest BCUT2D eigenvalue weighted by molar-refractivity contribution is 5.32. The standard InChI is InChI=1S/C15H23NO2/c1-12-8-13(2)10-15(9-12)18-7-3-5-16-6-4-14(17)11-16/h8-10,14,17H,3-7,11H2,1-2H3. The molecule has 1 aromatic carbocycles. The van der Waals surface area contributed by atoms with Crippen LogP contribution in [0.4, 0.5) is 0 Å². The Kier molecular flexibility index (Phi) is 4.61. The monoisotopic (exact) mass is 249 g/mol. The zero-order chi connectivity index (χ0) is 13.0. The van der Waals surface area contributed by atoms with Crippen molar-refractivity contribution in [1.29, 1.82) is 0 Å². The molecule has 3 heteroatoms. The second kappa shape index (κ2) is 6.21. The first-order valence-corrected chi connectivity index (χ1v) is 6.75. The van der Waals surface area contributed by atoms with Crippen LogP contribution >= 0.6 is 0 Å². The quantitative estimate of drug-likeness (QED) is 0.812. The predicted octanol–water partition coefficient (Wildman–Crippen LogP) is 2.14. The molecule has 18 heavy (non-hydrogen) atoms. The Balaban J connectivity index is 1.68. The maximum Gasteiger partial charge on any atom is 0.119 e. The third-order valence-corrected chi connectivity index (χ3v) is 3.33. The van der Waals surface area contributed by atoms with Gasteiger partial charge in [-0.05, 0) is 49.9 Å². The highest BCUT2D eigenvalue weighted by atomic mass is 16.5. The van der Waals surface area contributed by atoms with Crippen molar-refractivity contribution >= 4 is 0 Å². The van der Waals surface area contributed by atoms with Gasteiger partial charge in [0.2, 0.25) is 0 Å². The highest BCUT2D eigenvalue weighted by Gasteiger charge is 2.19. The first-order chi connectivity index (χ1) is 8.63. The number of ether oxygens (including phenoxy) is 1. The molecule has 0 saturated carbocycles. The van der Waals surface area contributed by atoms with E-state index in [0.29, 0.717) is 0 Å². The summed E-state index contributed by atoms with van der Waals surface area (Å²) in [5, 5.41) is 9.42. The molecule has 1 saturated heterocycles. The Morgan fingerprint density at radius 1 is 1.28 bits per heavy atom. The van der Waals surface area contributed by atoms with Crippen LogP contribution in [0.2, 0.25) is 0 Å². The minimum absolute atomic E-state index is 0.120. The van der Waals surface area contributed by atoms with Gasteiger partial charge < -0.3 is 14.7 Å². The van der Waals surface area contributed by atoms with Gasteiger partial charge in [0, 0.05) is 19.6 Å². The van der Waals surface area contributed by atoms with E-state index in [4.69, 9.17) is 4.74 Å². The summed E-state index contributed by atoms with van der Waals surface area (Å²) in [6, 6.07) is 6.30. The second-order valence-electron chi connectivity index (χ2n) is 5.27. The van der Waals surface area contributed by atoms with Gasteiger partial charge in [0.25, 0.3) is 0 Å². The van der Waals surface area contributed by atoms with Crippen molar-refractivity contribution in [3.8, 4) is 5.75 Å². The molecule has 1 aliphatic rings. The van der Waals surface area contributed by atoms with Gasteiger partial charge in [0.05, 0.1) is 12.7 Å². The summed E-state index contributed by atoms with van der Waals surface area (Å²) in [6.07, 6.45) is 1.81. The number of benzene rings is 1. The summed E-state index contributed by atoms with van der Waals surface area (Å²) < 4.78 is 5.77. The molecule has 100 valence electrons. The van der Waals surface area contributed by atoms with Crippen molar-refractivity contribution < 1.29 is 9.84 Å². The molecule has 1 N–H and O–H groups in total. The van der Waals surface area contributed by atoms with Gasteiger partial charge in [-0.2, -0.15) is 0 Å². The smallest absolute Gasteiger partial charge is 0.119 e. The average molecular weight is 249 g/mol. The Morgan fingerprint density at radius 2 is 2.00 bits per heavy atom. The SMILES string of the molecule is Cc1cc(C)cc(OCCCN2CCC(O)C2)c1. The molecule has 1 aromatic rings. The van der Waals surface area contributed by atoms with Gasteiger partial charge in [0.1, 0.15) is 5.75 Å². The highest BCUT2D eigenvalue weighted by Crippen LogP contribution is 2.16. The molecule has 1 fully saturated rings. The van der Waals surface area contributed by atoms with Gasteiger partial charge in [-0.1, -0.05) is 6.07 Å². The normalized spacial score (nSPS) is 20.3. The Morgan fingerprint density at radius 3 is 2.61 bits per heavy atom. The van der Waals surface area contributed by atoms with E-state index in [1.807, 2.05) is 0 Å². The topological polar surface area (TPSA) is 32.7 Å². The lowest BCUT2D eigenvalue weighted by Crippen LogP contribution is -2.24. The average Bonchev–Trinajstić information content (AvgIpc) is 2.69. The Hall–Kier alpha value is -1.06. The lowest BCUT2D eigenvalue weighted by atomic mass is 10.1. The van der Waals surface area contributed by atoms with E-state index in [1.54, 1.807) is 0 Å². The number of nitrogens with zero attached hydrogens (tertiary/aromatic N) is 1. The first-order valence-electron chi connectivity index (χ1n) is 6.75. The molecule has 3 nitrogen and oxygen atoms in total. The molecule has 1 unspecified atom stereocenters. The summed E-state index contributed by atoms with van der Waals surface area (Å²) >= 11 is 0. The molecular formula is C15H23NO2. The molecule has 0 aliphatic carbocycles. The number of hydrogen-bond donors (Lipinski definition) is 1. The summed E-state index contributed by atoms with van der Waals surface area (Å²) in [7, 11) is 0. The molecular weight excluding hydrogens is 226 g/mol.